The summed E-state index contributed by atoms with van der Waals surface area (Å²) in [5, 5.41) is 14.8. The Kier molecular flexibility index (Phi) is 12.8. The number of piperidine rings is 3. The van der Waals surface area contributed by atoms with Crippen LogP contribution in [0.1, 0.15) is 103 Å². The first-order valence-electron chi connectivity index (χ1n) is 19.5. The second-order valence-corrected chi connectivity index (χ2v) is 15.5. The Morgan fingerprint density at radius 3 is 2.08 bits per heavy atom. The number of hydrogen-bond acceptors (Lipinski definition) is 7. The fourth-order valence-corrected chi connectivity index (χ4v) is 9.24. The third-order valence-electron chi connectivity index (χ3n) is 12.5. The summed E-state index contributed by atoms with van der Waals surface area (Å²) in [6, 6.07) is 10.4. The molecule has 2 aromatic rings. The number of anilines is 1. The monoisotopic (exact) mass is 660 g/mol. The molecule has 0 bridgehead atoms. The van der Waals surface area contributed by atoms with Crippen LogP contribution in [0.2, 0.25) is 0 Å². The van der Waals surface area contributed by atoms with Gasteiger partial charge in [0, 0.05) is 49.7 Å². The van der Waals surface area contributed by atoms with E-state index in [1.165, 1.54) is 44.2 Å². The minimum Gasteiger partial charge on any atom is -0.351 e. The van der Waals surface area contributed by atoms with Gasteiger partial charge in [-0.15, -0.1) is 0 Å². The van der Waals surface area contributed by atoms with Crippen molar-refractivity contribution in [3.05, 3.63) is 54.5 Å². The van der Waals surface area contributed by atoms with Gasteiger partial charge in [-0.3, -0.25) is 9.88 Å². The van der Waals surface area contributed by atoms with Crippen molar-refractivity contribution >= 4 is 5.82 Å². The van der Waals surface area contributed by atoms with Crippen LogP contribution < -0.4 is 4.90 Å². The Morgan fingerprint density at radius 1 is 0.750 bits per heavy atom. The molecule has 48 heavy (non-hydrogen) atoms. The largest absolute Gasteiger partial charge is 0.351 e. The van der Waals surface area contributed by atoms with Crippen LogP contribution in [-0.2, 0) is 21.1 Å². The smallest absolute Gasteiger partial charge is 0.315 e. The highest BCUT2D eigenvalue weighted by atomic mass is 16.8. The number of hydrogen-bond donors (Lipinski definition) is 0. The van der Waals surface area contributed by atoms with Crippen molar-refractivity contribution in [1.82, 2.24) is 19.8 Å². The molecule has 1 saturated carbocycles. The standard InChI is InChI=1S/C40H62N5O3/c1-3-39(4-2)28-36(17-27-45(39)38-12-8-9-20-42-38)32-48-40(46,37-18-25-44(26-19-37)29-33-10-6-5-7-11-33)47-31-35-15-23-43(24-16-35)30-34-13-21-41-22-14-34/h8-9,12-14,20-22,33,35-37H,3-7,10-11,15-19,23-32H2,1-2H3. The average molecular weight is 661 g/mol. The van der Waals surface area contributed by atoms with E-state index >= 15 is 0 Å². The molecule has 0 aromatic carbocycles. The number of pyridine rings is 2. The average Bonchev–Trinajstić information content (AvgIpc) is 3.15. The first kappa shape index (κ1) is 35.7. The second-order valence-electron chi connectivity index (χ2n) is 15.5. The molecule has 5 heterocycles. The third-order valence-corrected chi connectivity index (χ3v) is 12.5. The number of aromatic nitrogens is 2. The summed E-state index contributed by atoms with van der Waals surface area (Å²) in [5.41, 5.74) is 1.34. The zero-order chi connectivity index (χ0) is 33.2. The van der Waals surface area contributed by atoms with Crippen molar-refractivity contribution in [3.8, 4) is 0 Å². The van der Waals surface area contributed by atoms with Crippen molar-refractivity contribution in [2.24, 2.45) is 23.7 Å². The van der Waals surface area contributed by atoms with Crippen LogP contribution in [0.15, 0.2) is 48.9 Å². The van der Waals surface area contributed by atoms with E-state index in [0.717, 1.165) is 102 Å². The molecule has 8 heteroatoms. The van der Waals surface area contributed by atoms with Crippen LogP contribution in [0.5, 0.6) is 0 Å². The number of rotatable bonds is 14. The summed E-state index contributed by atoms with van der Waals surface area (Å²) in [7, 11) is 0. The van der Waals surface area contributed by atoms with Crippen LogP contribution in [-0.4, -0.2) is 83.8 Å². The maximum Gasteiger partial charge on any atom is 0.315 e. The molecule has 265 valence electrons. The van der Waals surface area contributed by atoms with Crippen molar-refractivity contribution in [2.75, 3.05) is 57.4 Å². The van der Waals surface area contributed by atoms with Gasteiger partial charge in [-0.25, -0.2) is 4.98 Å². The highest BCUT2D eigenvalue weighted by molar-refractivity contribution is 5.42. The molecule has 6 rings (SSSR count). The molecule has 4 aliphatic rings. The maximum absolute atomic E-state index is 14.8. The van der Waals surface area contributed by atoms with Gasteiger partial charge in [-0.05, 0) is 138 Å². The predicted octanol–water partition coefficient (Wildman–Crippen LogP) is 7.57. The zero-order valence-corrected chi connectivity index (χ0v) is 29.9. The van der Waals surface area contributed by atoms with Crippen molar-refractivity contribution in [1.29, 1.82) is 0 Å². The molecule has 1 radical (unpaired) electrons. The summed E-state index contributed by atoms with van der Waals surface area (Å²) in [6.45, 7) is 12.7. The van der Waals surface area contributed by atoms with Gasteiger partial charge in [0.1, 0.15) is 5.82 Å². The minimum absolute atomic E-state index is 0.0295. The predicted molar refractivity (Wildman–Crippen MR) is 191 cm³/mol. The molecule has 0 spiro atoms. The fraction of sp³-hybridized carbons (Fsp3) is 0.750. The van der Waals surface area contributed by atoms with Crippen LogP contribution in [0, 0.1) is 23.7 Å². The van der Waals surface area contributed by atoms with Gasteiger partial charge in [-0.2, -0.15) is 5.11 Å². The molecule has 2 aromatic heterocycles. The van der Waals surface area contributed by atoms with E-state index < -0.39 is 5.97 Å². The van der Waals surface area contributed by atoms with E-state index in [4.69, 9.17) is 14.5 Å². The molecule has 0 N–H and O–H groups in total. The van der Waals surface area contributed by atoms with Crippen LogP contribution >= 0.6 is 0 Å². The highest BCUT2D eigenvalue weighted by Crippen LogP contribution is 2.41. The van der Waals surface area contributed by atoms with E-state index in [1.54, 1.807) is 0 Å². The van der Waals surface area contributed by atoms with Gasteiger partial charge in [0.25, 0.3) is 0 Å². The van der Waals surface area contributed by atoms with Crippen LogP contribution in [0.4, 0.5) is 5.82 Å². The lowest BCUT2D eigenvalue weighted by Crippen LogP contribution is -2.55. The van der Waals surface area contributed by atoms with Gasteiger partial charge >= 0.3 is 5.97 Å². The van der Waals surface area contributed by atoms with E-state index in [9.17, 15) is 5.11 Å². The maximum atomic E-state index is 14.8. The fourth-order valence-electron chi connectivity index (χ4n) is 9.24. The van der Waals surface area contributed by atoms with Crippen molar-refractivity contribution in [3.63, 3.8) is 0 Å². The number of nitrogens with zero attached hydrogens (tertiary/aromatic N) is 5. The Hall–Kier alpha value is -2.10. The lowest BCUT2D eigenvalue weighted by Gasteiger charge is -2.50. The highest BCUT2D eigenvalue weighted by Gasteiger charge is 2.46. The van der Waals surface area contributed by atoms with Crippen LogP contribution in [0.25, 0.3) is 0 Å². The van der Waals surface area contributed by atoms with E-state index in [-0.39, 0.29) is 11.5 Å². The van der Waals surface area contributed by atoms with Crippen LogP contribution in [0.3, 0.4) is 0 Å². The normalized spacial score (nSPS) is 25.2. The first-order chi connectivity index (χ1) is 23.5. The van der Waals surface area contributed by atoms with Crippen molar-refractivity contribution < 1.29 is 14.6 Å². The quantitative estimate of drug-likeness (QED) is 0.194. The molecule has 8 nitrogen and oxygen atoms in total. The summed E-state index contributed by atoms with van der Waals surface area (Å²) >= 11 is 0. The SMILES string of the molecule is CCC1(CC)CC(COC([O])(OCC2CCN(Cc3ccncc3)CC2)C2CCN(CC3CCCCC3)CC2)CCN1c1ccccn1. The van der Waals surface area contributed by atoms with Gasteiger partial charge in [-0.1, -0.05) is 39.2 Å². The minimum atomic E-state index is -1.77. The molecule has 3 aliphatic heterocycles. The van der Waals surface area contributed by atoms with E-state index in [2.05, 4.69) is 57.8 Å². The van der Waals surface area contributed by atoms with Gasteiger partial charge in [0.05, 0.1) is 13.2 Å². The Labute approximate surface area is 290 Å². The van der Waals surface area contributed by atoms with E-state index in [0.29, 0.717) is 25.0 Å². The Balaban J connectivity index is 1.06. The Bertz CT molecular complexity index is 1190. The number of ether oxygens (including phenoxy) is 2. The topological polar surface area (TPSA) is 73.9 Å². The third kappa shape index (κ3) is 9.16. The zero-order valence-electron chi connectivity index (χ0n) is 29.9. The van der Waals surface area contributed by atoms with Gasteiger partial charge in [0.15, 0.2) is 0 Å². The molecule has 2 unspecified atom stereocenters. The lowest BCUT2D eigenvalue weighted by molar-refractivity contribution is -0.421. The molecular formula is C40H62N5O3. The van der Waals surface area contributed by atoms with Crippen molar-refractivity contribution in [2.45, 2.75) is 115 Å². The summed E-state index contributed by atoms with van der Waals surface area (Å²) < 4.78 is 13.1. The molecule has 3 saturated heterocycles. The summed E-state index contributed by atoms with van der Waals surface area (Å²) in [5.74, 6) is 0.751. The molecule has 4 fully saturated rings. The summed E-state index contributed by atoms with van der Waals surface area (Å²) in [4.78, 5) is 16.5. The molecular weight excluding hydrogens is 598 g/mol. The molecule has 0 amide bonds. The second kappa shape index (κ2) is 17.2. The molecule has 1 aliphatic carbocycles. The Morgan fingerprint density at radius 2 is 1.42 bits per heavy atom. The van der Waals surface area contributed by atoms with E-state index in [1.807, 2.05) is 24.7 Å². The van der Waals surface area contributed by atoms with Gasteiger partial charge < -0.3 is 19.3 Å². The first-order valence-corrected chi connectivity index (χ1v) is 19.5. The lowest BCUT2D eigenvalue weighted by atomic mass is 9.76. The van der Waals surface area contributed by atoms with Gasteiger partial charge in [0.2, 0.25) is 0 Å². The number of likely N-dealkylation sites (tertiary alicyclic amines) is 2. The molecule has 2 atom stereocenters. The summed E-state index contributed by atoms with van der Waals surface area (Å²) in [6.07, 6.45) is 20.5.